The SMILES string of the molecule is c1ccc(-c2cccc(-n3c4cnccc4c4c5ccccc5oc43)n2)nc1. The molecule has 5 nitrogen and oxygen atoms in total. The predicted octanol–water partition coefficient (Wildman–Crippen LogP) is 5.38. The van der Waals surface area contributed by atoms with Crippen LogP contribution in [0.4, 0.5) is 0 Å². The first-order valence-corrected chi connectivity index (χ1v) is 9.05. The van der Waals surface area contributed by atoms with E-state index in [1.54, 1.807) is 6.20 Å². The number of hydrogen-bond donors (Lipinski definition) is 0. The number of nitrogens with zero attached hydrogens (tertiary/aromatic N) is 4. The predicted molar refractivity (Wildman–Crippen MR) is 109 cm³/mol. The number of fused-ring (bicyclic) bond motifs is 5. The van der Waals surface area contributed by atoms with Crippen LogP contribution >= 0.6 is 0 Å². The van der Waals surface area contributed by atoms with Gasteiger partial charge in [0.25, 0.3) is 0 Å². The Morgan fingerprint density at radius 1 is 0.750 bits per heavy atom. The van der Waals surface area contributed by atoms with Crippen LogP contribution < -0.4 is 0 Å². The molecule has 0 bridgehead atoms. The van der Waals surface area contributed by atoms with Gasteiger partial charge in [-0.1, -0.05) is 30.3 Å². The zero-order valence-corrected chi connectivity index (χ0v) is 14.8. The number of furan rings is 1. The van der Waals surface area contributed by atoms with Crippen LogP contribution in [0.15, 0.2) is 89.7 Å². The summed E-state index contributed by atoms with van der Waals surface area (Å²) in [6, 6.07) is 21.9. The second-order valence-corrected chi connectivity index (χ2v) is 6.60. The van der Waals surface area contributed by atoms with Gasteiger partial charge in [-0.25, -0.2) is 4.98 Å². The van der Waals surface area contributed by atoms with E-state index in [0.717, 1.165) is 50.2 Å². The molecule has 6 aromatic rings. The molecule has 0 N–H and O–H groups in total. The third-order valence-electron chi connectivity index (χ3n) is 4.98. The molecule has 0 aliphatic rings. The lowest BCUT2D eigenvalue weighted by Crippen LogP contribution is -1.98. The number of hydrogen-bond acceptors (Lipinski definition) is 4. The lowest BCUT2D eigenvalue weighted by molar-refractivity contribution is 0.643. The third-order valence-corrected chi connectivity index (χ3v) is 4.98. The van der Waals surface area contributed by atoms with Crippen LogP contribution in [0.5, 0.6) is 0 Å². The topological polar surface area (TPSA) is 56.7 Å². The summed E-state index contributed by atoms with van der Waals surface area (Å²) in [5.41, 5.74) is 4.25. The van der Waals surface area contributed by atoms with Crippen LogP contribution in [-0.4, -0.2) is 19.5 Å². The molecule has 5 heteroatoms. The van der Waals surface area contributed by atoms with E-state index in [-0.39, 0.29) is 0 Å². The van der Waals surface area contributed by atoms with Crippen molar-refractivity contribution in [2.75, 3.05) is 0 Å². The minimum atomic E-state index is 0.773. The lowest BCUT2D eigenvalue weighted by atomic mass is 10.1. The van der Waals surface area contributed by atoms with Crippen molar-refractivity contribution in [3.05, 3.63) is 85.3 Å². The Morgan fingerprint density at radius 3 is 2.57 bits per heavy atom. The van der Waals surface area contributed by atoms with E-state index in [9.17, 15) is 0 Å². The first-order valence-electron chi connectivity index (χ1n) is 9.05. The summed E-state index contributed by atoms with van der Waals surface area (Å²) in [5, 5.41) is 3.27. The highest BCUT2D eigenvalue weighted by molar-refractivity contribution is 6.19. The molecule has 0 saturated heterocycles. The maximum atomic E-state index is 6.25. The monoisotopic (exact) mass is 362 g/mol. The highest BCUT2D eigenvalue weighted by atomic mass is 16.3. The molecule has 0 amide bonds. The van der Waals surface area contributed by atoms with Crippen LogP contribution in [0.2, 0.25) is 0 Å². The van der Waals surface area contributed by atoms with E-state index in [1.807, 2.05) is 77.6 Å². The normalized spacial score (nSPS) is 11.6. The minimum Gasteiger partial charge on any atom is -0.439 e. The Hall–Kier alpha value is -3.99. The van der Waals surface area contributed by atoms with E-state index in [1.165, 1.54) is 0 Å². The van der Waals surface area contributed by atoms with Gasteiger partial charge in [0, 0.05) is 23.2 Å². The maximum Gasteiger partial charge on any atom is 0.215 e. The standard InChI is InChI=1S/C23H14N4O/c1-2-9-20-16(6-1)22-15-11-13-24-14-19(15)27(23(22)28-20)21-10-5-8-18(26-21)17-7-3-4-12-25-17/h1-14H. The van der Waals surface area contributed by atoms with Gasteiger partial charge in [-0.15, -0.1) is 0 Å². The third kappa shape index (κ3) is 2.10. The number of aromatic nitrogens is 4. The van der Waals surface area contributed by atoms with Gasteiger partial charge in [0.2, 0.25) is 5.71 Å². The van der Waals surface area contributed by atoms with Crippen LogP contribution in [0.1, 0.15) is 0 Å². The maximum absolute atomic E-state index is 6.25. The van der Waals surface area contributed by atoms with Crippen molar-refractivity contribution < 1.29 is 4.42 Å². The highest BCUT2D eigenvalue weighted by Gasteiger charge is 2.19. The molecule has 0 radical (unpaired) electrons. The fraction of sp³-hybridized carbons (Fsp3) is 0. The molecule has 6 rings (SSSR count). The Kier molecular flexibility index (Phi) is 3.10. The zero-order valence-electron chi connectivity index (χ0n) is 14.8. The van der Waals surface area contributed by atoms with E-state index in [4.69, 9.17) is 9.40 Å². The molecule has 0 fully saturated rings. The fourth-order valence-corrected chi connectivity index (χ4v) is 3.77. The average Bonchev–Trinajstić information content (AvgIpc) is 3.29. The van der Waals surface area contributed by atoms with Gasteiger partial charge in [-0.2, -0.15) is 0 Å². The largest absolute Gasteiger partial charge is 0.439 e. The summed E-state index contributed by atoms with van der Waals surface area (Å²) in [4.78, 5) is 13.6. The number of pyridine rings is 3. The van der Waals surface area contributed by atoms with Gasteiger partial charge < -0.3 is 4.42 Å². The molecule has 0 spiro atoms. The van der Waals surface area contributed by atoms with Crippen molar-refractivity contribution in [3.8, 4) is 17.2 Å². The fourth-order valence-electron chi connectivity index (χ4n) is 3.77. The number of benzene rings is 1. The molecule has 0 aliphatic heterocycles. The van der Waals surface area contributed by atoms with E-state index in [0.29, 0.717) is 0 Å². The molecule has 5 heterocycles. The van der Waals surface area contributed by atoms with Gasteiger partial charge in [-0.3, -0.25) is 14.5 Å². The van der Waals surface area contributed by atoms with Crippen molar-refractivity contribution >= 4 is 33.0 Å². The van der Waals surface area contributed by atoms with Crippen LogP contribution in [0.25, 0.3) is 50.2 Å². The minimum absolute atomic E-state index is 0.773. The first kappa shape index (κ1) is 15.1. The summed E-state index contributed by atoms with van der Waals surface area (Å²) in [5.74, 6) is 0.773. The molecule has 0 unspecified atom stereocenters. The average molecular weight is 362 g/mol. The summed E-state index contributed by atoms with van der Waals surface area (Å²) >= 11 is 0. The van der Waals surface area contributed by atoms with Gasteiger partial charge in [0.1, 0.15) is 11.4 Å². The van der Waals surface area contributed by atoms with Crippen molar-refractivity contribution in [1.82, 2.24) is 19.5 Å². The molecule has 132 valence electrons. The molecule has 0 aliphatic carbocycles. The molecular formula is C23H14N4O. The van der Waals surface area contributed by atoms with E-state index in [2.05, 4.69) is 16.0 Å². The van der Waals surface area contributed by atoms with Gasteiger partial charge in [-0.05, 0) is 36.4 Å². The van der Waals surface area contributed by atoms with Gasteiger partial charge >= 0.3 is 0 Å². The van der Waals surface area contributed by atoms with Crippen molar-refractivity contribution in [3.63, 3.8) is 0 Å². The highest BCUT2D eigenvalue weighted by Crippen LogP contribution is 2.38. The van der Waals surface area contributed by atoms with E-state index >= 15 is 0 Å². The van der Waals surface area contributed by atoms with Crippen LogP contribution in [-0.2, 0) is 0 Å². The molecule has 0 atom stereocenters. The lowest BCUT2D eigenvalue weighted by Gasteiger charge is -2.07. The summed E-state index contributed by atoms with van der Waals surface area (Å²) in [6.07, 6.45) is 5.44. The Morgan fingerprint density at radius 2 is 1.64 bits per heavy atom. The van der Waals surface area contributed by atoms with Crippen LogP contribution in [0.3, 0.4) is 0 Å². The van der Waals surface area contributed by atoms with Gasteiger partial charge in [0.15, 0.2) is 0 Å². The van der Waals surface area contributed by atoms with Gasteiger partial charge in [0.05, 0.1) is 28.5 Å². The van der Waals surface area contributed by atoms with Crippen molar-refractivity contribution in [1.29, 1.82) is 0 Å². The van der Waals surface area contributed by atoms with Crippen molar-refractivity contribution in [2.45, 2.75) is 0 Å². The number of para-hydroxylation sites is 1. The second kappa shape index (κ2) is 5.76. The molecule has 0 saturated carbocycles. The summed E-state index contributed by atoms with van der Waals surface area (Å²) in [7, 11) is 0. The quantitative estimate of drug-likeness (QED) is 0.415. The zero-order chi connectivity index (χ0) is 18.5. The summed E-state index contributed by atoms with van der Waals surface area (Å²) in [6.45, 7) is 0. The Labute approximate surface area is 159 Å². The first-order chi connectivity index (χ1) is 13.9. The summed E-state index contributed by atoms with van der Waals surface area (Å²) < 4.78 is 8.28. The van der Waals surface area contributed by atoms with E-state index < -0.39 is 0 Å². The molecule has 1 aromatic carbocycles. The molecular weight excluding hydrogens is 348 g/mol. The van der Waals surface area contributed by atoms with Crippen molar-refractivity contribution in [2.24, 2.45) is 0 Å². The molecule has 5 aromatic heterocycles. The Balaban J connectivity index is 1.70. The Bertz CT molecular complexity index is 1460. The second-order valence-electron chi connectivity index (χ2n) is 6.60. The van der Waals surface area contributed by atoms with Crippen LogP contribution in [0, 0.1) is 0 Å². The number of rotatable bonds is 2. The molecule has 28 heavy (non-hydrogen) atoms. The smallest absolute Gasteiger partial charge is 0.215 e.